The highest BCUT2D eigenvalue weighted by Gasteiger charge is 2.47. The third-order valence-electron chi connectivity index (χ3n) is 5.25. The average molecular weight is 485 g/mol. The summed E-state index contributed by atoms with van der Waals surface area (Å²) >= 11 is 12.3. The van der Waals surface area contributed by atoms with Crippen LogP contribution >= 0.6 is 23.2 Å². The zero-order valence-electron chi connectivity index (χ0n) is 17.6. The first-order valence-electron chi connectivity index (χ1n) is 9.76. The van der Waals surface area contributed by atoms with Gasteiger partial charge in [0.25, 0.3) is 11.7 Å². The average Bonchev–Trinajstić information content (AvgIpc) is 3.10. The van der Waals surface area contributed by atoms with Crippen molar-refractivity contribution in [1.29, 1.82) is 0 Å². The Morgan fingerprint density at radius 3 is 2.30 bits per heavy atom. The van der Waals surface area contributed by atoms with Gasteiger partial charge in [0.05, 0.1) is 36.1 Å². The second kappa shape index (κ2) is 9.13. The van der Waals surface area contributed by atoms with Crippen molar-refractivity contribution in [1.82, 2.24) is 4.98 Å². The lowest BCUT2D eigenvalue weighted by atomic mass is 9.97. The van der Waals surface area contributed by atoms with E-state index in [1.807, 2.05) is 0 Å². The summed E-state index contributed by atoms with van der Waals surface area (Å²) in [7, 11) is 2.85. The smallest absolute Gasteiger partial charge is 0.300 e. The number of carbonyl (C=O) groups excluding carboxylic acids is 2. The van der Waals surface area contributed by atoms with E-state index in [2.05, 4.69) is 4.98 Å². The lowest BCUT2D eigenvalue weighted by molar-refractivity contribution is -0.132. The molecule has 0 saturated carbocycles. The van der Waals surface area contributed by atoms with Crippen molar-refractivity contribution in [3.63, 3.8) is 0 Å². The van der Waals surface area contributed by atoms with Crippen LogP contribution in [0.2, 0.25) is 10.0 Å². The number of anilines is 1. The van der Waals surface area contributed by atoms with Crippen LogP contribution in [0.3, 0.4) is 0 Å². The van der Waals surface area contributed by atoms with E-state index in [0.717, 1.165) is 0 Å². The number of benzene rings is 2. The number of ether oxygens (including phenoxy) is 2. The summed E-state index contributed by atoms with van der Waals surface area (Å²) in [4.78, 5) is 32.0. The predicted octanol–water partition coefficient (Wildman–Crippen LogP) is 5.03. The number of hydrogen-bond acceptors (Lipinski definition) is 6. The highest BCUT2D eigenvalue weighted by Crippen LogP contribution is 2.44. The van der Waals surface area contributed by atoms with E-state index < -0.39 is 23.5 Å². The van der Waals surface area contributed by atoms with Crippen molar-refractivity contribution >= 4 is 46.3 Å². The molecule has 1 atom stereocenters. The Kier molecular flexibility index (Phi) is 6.26. The summed E-state index contributed by atoms with van der Waals surface area (Å²) in [6.45, 7) is 0. The number of halogens is 2. The Balaban J connectivity index is 1.97. The Bertz CT molecular complexity index is 1260. The Morgan fingerprint density at radius 1 is 1.00 bits per heavy atom. The molecule has 33 heavy (non-hydrogen) atoms. The van der Waals surface area contributed by atoms with Crippen LogP contribution in [0.25, 0.3) is 5.76 Å². The van der Waals surface area contributed by atoms with Gasteiger partial charge in [0, 0.05) is 23.0 Å². The van der Waals surface area contributed by atoms with Gasteiger partial charge in [-0.2, -0.15) is 0 Å². The van der Waals surface area contributed by atoms with Gasteiger partial charge in [-0.1, -0.05) is 29.3 Å². The van der Waals surface area contributed by atoms with Crippen LogP contribution in [0.1, 0.15) is 17.3 Å². The molecule has 1 amide bonds. The highest BCUT2D eigenvalue weighted by atomic mass is 35.5. The molecular formula is C24H18Cl2N2O5. The zero-order chi connectivity index (χ0) is 23.7. The molecule has 0 spiro atoms. The van der Waals surface area contributed by atoms with Gasteiger partial charge in [0.1, 0.15) is 23.3 Å². The fourth-order valence-electron chi connectivity index (χ4n) is 3.71. The zero-order valence-corrected chi connectivity index (χ0v) is 19.1. The maximum atomic E-state index is 13.2. The molecule has 1 aliphatic rings. The molecule has 1 N–H and O–H groups in total. The lowest BCUT2D eigenvalue weighted by Crippen LogP contribution is -2.29. The predicted molar refractivity (Wildman–Crippen MR) is 125 cm³/mol. The van der Waals surface area contributed by atoms with E-state index in [-0.39, 0.29) is 21.9 Å². The van der Waals surface area contributed by atoms with Crippen LogP contribution in [0.15, 0.2) is 66.4 Å². The first kappa shape index (κ1) is 22.6. The minimum absolute atomic E-state index is 0.137. The molecular weight excluding hydrogens is 467 g/mol. The molecule has 7 nitrogen and oxygen atoms in total. The third kappa shape index (κ3) is 4.01. The molecule has 1 saturated heterocycles. The molecule has 2 heterocycles. The molecule has 0 radical (unpaired) electrons. The lowest BCUT2D eigenvalue weighted by Gasteiger charge is -2.24. The van der Waals surface area contributed by atoms with E-state index in [1.54, 1.807) is 48.7 Å². The number of aromatic nitrogens is 1. The molecule has 1 fully saturated rings. The van der Waals surface area contributed by atoms with E-state index in [0.29, 0.717) is 22.2 Å². The van der Waals surface area contributed by atoms with Gasteiger partial charge in [-0.15, -0.1) is 0 Å². The number of aliphatic hydroxyl groups is 1. The number of ketones is 1. The Labute approximate surface area is 199 Å². The minimum atomic E-state index is -0.988. The van der Waals surface area contributed by atoms with E-state index in [1.165, 1.54) is 31.3 Å². The summed E-state index contributed by atoms with van der Waals surface area (Å²) in [6, 6.07) is 13.5. The number of methoxy groups -OCH3 is 2. The van der Waals surface area contributed by atoms with E-state index in [4.69, 9.17) is 32.7 Å². The van der Waals surface area contributed by atoms with Gasteiger partial charge in [-0.05, 0) is 42.5 Å². The van der Waals surface area contributed by atoms with Crippen LogP contribution in [-0.2, 0) is 9.59 Å². The normalized spacial score (nSPS) is 17.3. The van der Waals surface area contributed by atoms with Gasteiger partial charge in [0.2, 0.25) is 0 Å². The molecule has 9 heteroatoms. The number of rotatable bonds is 5. The number of carbonyl (C=O) groups is 2. The molecule has 0 bridgehead atoms. The SMILES string of the molecule is COc1cc(OC)c(/C(O)=C2\C(=O)C(=O)N(c3ccc(Cl)cc3)C2c2ccccn2)cc1Cl. The van der Waals surface area contributed by atoms with Crippen molar-refractivity contribution in [3.8, 4) is 11.5 Å². The quantitative estimate of drug-likeness (QED) is 0.310. The van der Waals surface area contributed by atoms with Crippen LogP contribution in [0.5, 0.6) is 11.5 Å². The van der Waals surface area contributed by atoms with Crippen LogP contribution in [0, 0.1) is 0 Å². The summed E-state index contributed by atoms with van der Waals surface area (Å²) in [5, 5.41) is 12.0. The second-order valence-electron chi connectivity index (χ2n) is 7.09. The fraction of sp³-hybridized carbons (Fsp3) is 0.125. The van der Waals surface area contributed by atoms with Crippen LogP contribution in [-0.4, -0.2) is 36.0 Å². The largest absolute Gasteiger partial charge is 0.507 e. The van der Waals surface area contributed by atoms with Crippen molar-refractivity contribution in [2.75, 3.05) is 19.1 Å². The van der Waals surface area contributed by atoms with Gasteiger partial charge in [-0.3, -0.25) is 19.5 Å². The molecule has 1 aliphatic heterocycles. The Hall–Kier alpha value is -3.55. The van der Waals surface area contributed by atoms with Gasteiger partial charge >= 0.3 is 0 Å². The number of pyridine rings is 1. The van der Waals surface area contributed by atoms with Gasteiger partial charge < -0.3 is 14.6 Å². The topological polar surface area (TPSA) is 89.0 Å². The minimum Gasteiger partial charge on any atom is -0.507 e. The van der Waals surface area contributed by atoms with E-state index in [9.17, 15) is 14.7 Å². The molecule has 4 rings (SSSR count). The van der Waals surface area contributed by atoms with Crippen molar-refractivity contribution < 1.29 is 24.2 Å². The standard InChI is InChI=1S/C24H18Cl2N2O5/c1-32-18-12-19(33-2)16(26)11-15(18)22(29)20-21(17-5-3-4-10-27-17)28(24(31)23(20)30)14-8-6-13(25)7-9-14/h3-12,21,29H,1-2H3/b22-20+. The Morgan fingerprint density at radius 2 is 1.70 bits per heavy atom. The van der Waals surface area contributed by atoms with Gasteiger partial charge in [-0.25, -0.2) is 0 Å². The first-order valence-corrected chi connectivity index (χ1v) is 10.5. The summed E-state index contributed by atoms with van der Waals surface area (Å²) < 4.78 is 10.6. The number of nitrogens with zero attached hydrogens (tertiary/aromatic N) is 2. The van der Waals surface area contributed by atoms with E-state index >= 15 is 0 Å². The molecule has 1 unspecified atom stereocenters. The molecule has 0 aliphatic carbocycles. The van der Waals surface area contributed by atoms with Crippen LogP contribution in [0.4, 0.5) is 5.69 Å². The summed E-state index contributed by atoms with van der Waals surface area (Å²) in [5.41, 5.74) is 0.814. The molecule has 168 valence electrons. The second-order valence-corrected chi connectivity index (χ2v) is 7.93. The van der Waals surface area contributed by atoms with Crippen molar-refractivity contribution in [3.05, 3.63) is 87.7 Å². The summed E-state index contributed by atoms with van der Waals surface area (Å²) in [5.74, 6) is -1.58. The summed E-state index contributed by atoms with van der Waals surface area (Å²) in [6.07, 6.45) is 1.54. The number of Topliss-reactive ketones (excluding diaryl/α,β-unsaturated/α-hetero) is 1. The number of aliphatic hydroxyl groups excluding tert-OH is 1. The maximum Gasteiger partial charge on any atom is 0.300 e. The number of hydrogen-bond donors (Lipinski definition) is 1. The van der Waals surface area contributed by atoms with Crippen molar-refractivity contribution in [2.45, 2.75) is 6.04 Å². The molecule has 2 aromatic carbocycles. The molecule has 3 aromatic rings. The van der Waals surface area contributed by atoms with Crippen molar-refractivity contribution in [2.24, 2.45) is 0 Å². The highest BCUT2D eigenvalue weighted by molar-refractivity contribution is 6.51. The number of amides is 1. The molecule has 1 aromatic heterocycles. The first-order chi connectivity index (χ1) is 15.9. The maximum absolute atomic E-state index is 13.2. The monoisotopic (exact) mass is 484 g/mol. The van der Waals surface area contributed by atoms with Gasteiger partial charge in [0.15, 0.2) is 0 Å². The van der Waals surface area contributed by atoms with Crippen LogP contribution < -0.4 is 14.4 Å². The third-order valence-corrected chi connectivity index (χ3v) is 5.79. The fourth-order valence-corrected chi connectivity index (χ4v) is 4.08.